The molecule has 1 saturated heterocycles. The third-order valence-electron chi connectivity index (χ3n) is 8.30. The molecule has 3 heterocycles. The van der Waals surface area contributed by atoms with Crippen LogP contribution in [0.2, 0.25) is 0 Å². The van der Waals surface area contributed by atoms with Crippen molar-refractivity contribution in [3.63, 3.8) is 0 Å². The Morgan fingerprint density at radius 2 is 1.77 bits per heavy atom. The van der Waals surface area contributed by atoms with Crippen LogP contribution in [0.15, 0.2) is 34.1 Å². The number of nitrogens with zero attached hydrogens (tertiary/aromatic N) is 1. The van der Waals surface area contributed by atoms with Gasteiger partial charge in [-0.15, -0.1) is 11.8 Å². The molecule has 1 aromatic heterocycles. The molecule has 6 rings (SSSR count). The lowest BCUT2D eigenvalue weighted by Gasteiger charge is -2.43. The maximum absolute atomic E-state index is 13.7. The Morgan fingerprint density at radius 1 is 1.11 bits per heavy atom. The van der Waals surface area contributed by atoms with E-state index in [4.69, 9.17) is 0 Å². The number of carbonyl (C=O) groups is 3. The van der Waals surface area contributed by atoms with Crippen LogP contribution in [0, 0.1) is 35.5 Å². The summed E-state index contributed by atoms with van der Waals surface area (Å²) in [7, 11) is 0. The van der Waals surface area contributed by atoms with E-state index in [9.17, 15) is 29.4 Å². The normalized spacial score (nSPS) is 33.7. The van der Waals surface area contributed by atoms with Crippen LogP contribution in [-0.4, -0.2) is 49.2 Å². The van der Waals surface area contributed by atoms with Crippen molar-refractivity contribution in [2.24, 2.45) is 35.5 Å². The smallest absolute Gasteiger partial charge is 0.326 e. The zero-order valence-electron chi connectivity index (χ0n) is 19.2. The summed E-state index contributed by atoms with van der Waals surface area (Å²) in [4.78, 5) is 56.4. The van der Waals surface area contributed by atoms with E-state index in [2.05, 4.69) is 4.98 Å². The van der Waals surface area contributed by atoms with Crippen molar-refractivity contribution in [1.82, 2.24) is 9.88 Å². The Kier molecular flexibility index (Phi) is 5.20. The maximum atomic E-state index is 13.7. The van der Waals surface area contributed by atoms with E-state index in [1.807, 2.05) is 26.0 Å². The lowest BCUT2D eigenvalue weighted by atomic mass is 9.68. The monoisotopic (exact) mass is 514 g/mol. The van der Waals surface area contributed by atoms with Crippen LogP contribution in [0.3, 0.4) is 0 Å². The third kappa shape index (κ3) is 3.25. The summed E-state index contributed by atoms with van der Waals surface area (Å²) in [6.45, 7) is 3.77. The summed E-state index contributed by atoms with van der Waals surface area (Å²) >= 11 is 2.78. The van der Waals surface area contributed by atoms with Gasteiger partial charge >= 0.3 is 10.8 Å². The molecule has 184 valence electrons. The van der Waals surface area contributed by atoms with E-state index in [0.29, 0.717) is 0 Å². The largest absolute Gasteiger partial charge is 0.508 e. The number of aliphatic carboxylic acids is 1. The molecular weight excluding hydrogens is 488 g/mol. The SMILES string of the molecule is CC(C)C[C@H](C(=O)O)N1C(=O)[C@@H]2[C@H]3C[C@@H]([C@@H]2C1=O)[C@@H]1[C@@H](c2ccc(O)cc2)c2sc(=O)[nH]c2S[C@@H]31. The van der Waals surface area contributed by atoms with Gasteiger partial charge in [-0.1, -0.05) is 37.3 Å². The first-order valence-corrected chi connectivity index (χ1v) is 13.6. The number of thiazole rings is 1. The average Bonchev–Trinajstić information content (AvgIpc) is 3.52. The van der Waals surface area contributed by atoms with Crippen molar-refractivity contribution in [3.05, 3.63) is 44.4 Å². The number of nitrogens with one attached hydrogen (secondary N) is 1. The molecule has 0 unspecified atom stereocenters. The fourth-order valence-electron chi connectivity index (χ4n) is 7.17. The second-order valence-electron chi connectivity index (χ2n) is 10.6. The van der Waals surface area contributed by atoms with Crippen LogP contribution in [0.1, 0.15) is 43.0 Å². The van der Waals surface area contributed by atoms with E-state index in [1.165, 1.54) is 11.3 Å². The first kappa shape index (κ1) is 22.8. The molecule has 2 saturated carbocycles. The van der Waals surface area contributed by atoms with Crippen molar-refractivity contribution in [3.8, 4) is 5.75 Å². The van der Waals surface area contributed by atoms with Gasteiger partial charge in [0.15, 0.2) is 0 Å². The number of hydrogen-bond donors (Lipinski definition) is 3. The summed E-state index contributed by atoms with van der Waals surface area (Å²) < 4.78 is 0. The number of likely N-dealkylation sites (tertiary alicyclic amines) is 1. The van der Waals surface area contributed by atoms with E-state index in [-0.39, 0.29) is 63.7 Å². The van der Waals surface area contributed by atoms with Crippen LogP contribution >= 0.6 is 23.1 Å². The lowest BCUT2D eigenvalue weighted by molar-refractivity contribution is -0.156. The molecule has 1 aromatic carbocycles. The lowest BCUT2D eigenvalue weighted by Crippen LogP contribution is -2.47. The number of aromatic amines is 1. The predicted octanol–water partition coefficient (Wildman–Crippen LogP) is 3.11. The number of H-pyrrole nitrogens is 1. The number of benzene rings is 1. The van der Waals surface area contributed by atoms with Crippen molar-refractivity contribution in [2.45, 2.75) is 48.9 Å². The average molecular weight is 515 g/mol. The number of hydrogen-bond acceptors (Lipinski definition) is 7. The highest BCUT2D eigenvalue weighted by molar-refractivity contribution is 8.00. The van der Waals surface area contributed by atoms with Gasteiger partial charge in [0, 0.05) is 16.0 Å². The molecule has 4 aliphatic rings. The number of phenolic OH excluding ortho intramolecular Hbond substituents is 1. The van der Waals surface area contributed by atoms with Gasteiger partial charge in [-0.2, -0.15) is 0 Å². The molecule has 0 spiro atoms. The molecule has 3 fully saturated rings. The van der Waals surface area contributed by atoms with Gasteiger partial charge in [0.05, 0.1) is 16.9 Å². The Morgan fingerprint density at radius 3 is 2.40 bits per heavy atom. The van der Waals surface area contributed by atoms with E-state index < -0.39 is 23.8 Å². The summed E-state index contributed by atoms with van der Waals surface area (Å²) in [5.74, 6) is -2.86. The van der Waals surface area contributed by atoms with E-state index in [0.717, 1.165) is 26.8 Å². The number of fused-ring (bicyclic) bond motifs is 9. The number of aromatic nitrogens is 1. The number of carbonyl (C=O) groups excluding carboxylic acids is 2. The van der Waals surface area contributed by atoms with Crippen LogP contribution in [0.5, 0.6) is 5.75 Å². The molecule has 2 bridgehead atoms. The minimum atomic E-state index is -1.14. The Bertz CT molecular complexity index is 1280. The highest BCUT2D eigenvalue weighted by Gasteiger charge is 2.70. The number of aromatic hydroxyl groups is 1. The second kappa shape index (κ2) is 7.96. The van der Waals surface area contributed by atoms with Gasteiger partial charge in [0.2, 0.25) is 11.8 Å². The van der Waals surface area contributed by atoms with E-state index >= 15 is 0 Å². The molecule has 0 radical (unpaired) electrons. The molecular formula is C25H26N2O6S2. The van der Waals surface area contributed by atoms with Crippen molar-refractivity contribution < 1.29 is 24.6 Å². The molecule has 35 heavy (non-hydrogen) atoms. The Labute approximate surface area is 209 Å². The number of amides is 2. The van der Waals surface area contributed by atoms with Crippen LogP contribution in [0.4, 0.5) is 0 Å². The van der Waals surface area contributed by atoms with E-state index in [1.54, 1.807) is 23.9 Å². The topological polar surface area (TPSA) is 128 Å². The van der Waals surface area contributed by atoms with Gasteiger partial charge < -0.3 is 15.2 Å². The molecule has 2 amide bonds. The fourth-order valence-corrected chi connectivity index (χ4v) is 10.1. The molecule has 10 heteroatoms. The predicted molar refractivity (Wildman–Crippen MR) is 129 cm³/mol. The number of rotatable bonds is 5. The number of phenols is 1. The number of thioether (sulfide) groups is 1. The van der Waals surface area contributed by atoms with Crippen molar-refractivity contribution in [1.29, 1.82) is 0 Å². The standard InChI is InChI=1S/C25H26N2O6S2/c1-9(2)7-14(24(31)32)27-22(29)17-12-8-13(18(17)23(27)30)19-16(12)15(10-3-5-11(28)6-4-10)20-21(34-19)26-25(33)35-20/h3-6,9,12-19,28H,7-8H2,1-2H3,(H,26,33)(H,31,32)/t12-,13-,14-,15-,16-,17+,18-,19+/m1/s1. The molecule has 3 N–H and O–H groups in total. The highest BCUT2D eigenvalue weighted by Crippen LogP contribution is 2.68. The fraction of sp³-hybridized carbons (Fsp3) is 0.520. The molecule has 2 aliphatic carbocycles. The van der Waals surface area contributed by atoms with Crippen molar-refractivity contribution in [2.75, 3.05) is 0 Å². The quantitative estimate of drug-likeness (QED) is 0.523. The number of imide groups is 1. The van der Waals surface area contributed by atoms with Crippen LogP contribution < -0.4 is 4.87 Å². The van der Waals surface area contributed by atoms with Crippen LogP contribution in [0.25, 0.3) is 0 Å². The van der Waals surface area contributed by atoms with Crippen molar-refractivity contribution >= 4 is 40.9 Å². The molecule has 2 aromatic rings. The Balaban J connectivity index is 1.42. The first-order chi connectivity index (χ1) is 16.7. The van der Waals surface area contributed by atoms with Crippen LogP contribution in [-0.2, 0) is 14.4 Å². The van der Waals surface area contributed by atoms with Gasteiger partial charge in [0.25, 0.3) is 0 Å². The summed E-state index contributed by atoms with van der Waals surface area (Å²) in [5, 5.41) is 20.6. The number of carboxylic acids is 1. The zero-order chi connectivity index (χ0) is 24.8. The highest BCUT2D eigenvalue weighted by atomic mass is 32.2. The van der Waals surface area contributed by atoms with Gasteiger partial charge in [-0.3, -0.25) is 19.3 Å². The van der Waals surface area contributed by atoms with Gasteiger partial charge in [0.1, 0.15) is 11.8 Å². The molecule has 8 nitrogen and oxygen atoms in total. The van der Waals surface area contributed by atoms with Gasteiger partial charge in [-0.25, -0.2) is 4.79 Å². The third-order valence-corrected chi connectivity index (χ3v) is 10.9. The number of carboxylic acid groups (broad SMARTS) is 1. The second-order valence-corrected chi connectivity index (χ2v) is 12.8. The zero-order valence-corrected chi connectivity index (χ0v) is 20.8. The Hall–Kier alpha value is -2.59. The maximum Gasteiger partial charge on any atom is 0.326 e. The summed E-state index contributed by atoms with van der Waals surface area (Å²) in [6, 6.07) is 5.85. The minimum absolute atomic E-state index is 0.0266. The minimum Gasteiger partial charge on any atom is -0.508 e. The molecule has 2 aliphatic heterocycles. The summed E-state index contributed by atoms with van der Waals surface area (Å²) in [6.07, 6.45) is 0.983. The van der Waals surface area contributed by atoms with Gasteiger partial charge in [-0.05, 0) is 54.2 Å². The first-order valence-electron chi connectivity index (χ1n) is 12.0. The summed E-state index contributed by atoms with van der Waals surface area (Å²) in [5.41, 5.74) is 0.968. The molecule has 8 atom stereocenters.